The third-order valence-electron chi connectivity index (χ3n) is 3.56. The largest absolute Gasteiger partial charge is 0.466 e. The van der Waals surface area contributed by atoms with Crippen LogP contribution >= 0.6 is 23.4 Å². The van der Waals surface area contributed by atoms with Crippen molar-refractivity contribution in [3.63, 3.8) is 0 Å². The molecule has 6 nitrogen and oxygen atoms in total. The lowest BCUT2D eigenvalue weighted by Gasteiger charge is -2.05. The van der Waals surface area contributed by atoms with E-state index in [0.29, 0.717) is 5.02 Å². The molecule has 1 aliphatic heterocycles. The summed E-state index contributed by atoms with van der Waals surface area (Å²) in [5, 5.41) is 11.6. The molecule has 3 rings (SSSR count). The summed E-state index contributed by atoms with van der Waals surface area (Å²) in [7, 11) is 1.24. The fraction of sp³-hybridized carbons (Fsp3) is 0.0526. The lowest BCUT2D eigenvalue weighted by atomic mass is 10.0. The van der Waals surface area contributed by atoms with Gasteiger partial charge in [-0.1, -0.05) is 48.0 Å². The molecule has 0 saturated carbocycles. The van der Waals surface area contributed by atoms with E-state index in [1.807, 2.05) is 48.5 Å². The summed E-state index contributed by atoms with van der Waals surface area (Å²) in [6, 6.07) is 15.2. The molecule has 0 aromatic heterocycles. The van der Waals surface area contributed by atoms with E-state index in [1.54, 1.807) is 6.21 Å². The maximum atomic E-state index is 11.8. The Morgan fingerprint density at radius 2 is 1.93 bits per heavy atom. The number of ether oxygens (including phenoxy) is 1. The van der Waals surface area contributed by atoms with Crippen LogP contribution in [0.15, 0.2) is 69.7 Å². The van der Waals surface area contributed by atoms with Crippen LogP contribution in [-0.4, -0.2) is 30.4 Å². The summed E-state index contributed by atoms with van der Waals surface area (Å²) in [4.78, 5) is 23.2. The number of esters is 1. The van der Waals surface area contributed by atoms with E-state index >= 15 is 0 Å². The van der Waals surface area contributed by atoms with Crippen molar-refractivity contribution in [3.8, 4) is 11.1 Å². The van der Waals surface area contributed by atoms with E-state index in [1.165, 1.54) is 7.11 Å². The number of carbonyl (C=O) groups excluding carboxylic acids is 2. The Hall–Kier alpha value is -2.90. The molecule has 0 spiro atoms. The number of hydrogen-bond donors (Lipinski definition) is 1. The minimum absolute atomic E-state index is 0.206. The molecule has 1 fully saturated rings. The van der Waals surface area contributed by atoms with Gasteiger partial charge in [0.2, 0.25) is 0 Å². The quantitative estimate of drug-likeness (QED) is 0.368. The number of rotatable bonds is 4. The standard InChI is InChI=1S/C19H14ClN3O3S/c1-26-17(24)10-16-18(25)22-19(27-16)23-21-11-13-4-2-3-5-15(13)12-6-8-14(20)9-7-12/h2-11H,1H3,(H,22,23,25)/b16-10+,21-11?. The number of carbonyl (C=O) groups is 2. The molecule has 1 saturated heterocycles. The highest BCUT2D eigenvalue weighted by molar-refractivity contribution is 8.18. The lowest BCUT2D eigenvalue weighted by Crippen LogP contribution is -2.19. The predicted octanol–water partition coefficient (Wildman–Crippen LogP) is 3.62. The number of methoxy groups -OCH3 is 1. The van der Waals surface area contributed by atoms with Gasteiger partial charge in [-0.05, 0) is 35.0 Å². The maximum absolute atomic E-state index is 11.8. The number of nitrogens with one attached hydrogen (secondary N) is 1. The monoisotopic (exact) mass is 399 g/mol. The second-order valence-electron chi connectivity index (χ2n) is 5.33. The van der Waals surface area contributed by atoms with Gasteiger partial charge in [-0.25, -0.2) is 4.79 Å². The number of amidine groups is 1. The van der Waals surface area contributed by atoms with E-state index in [4.69, 9.17) is 11.6 Å². The Labute approximate surface area is 165 Å². The zero-order chi connectivity index (χ0) is 19.2. The van der Waals surface area contributed by atoms with E-state index in [-0.39, 0.29) is 10.1 Å². The molecule has 0 aliphatic carbocycles. The maximum Gasteiger partial charge on any atom is 0.331 e. The van der Waals surface area contributed by atoms with Crippen molar-refractivity contribution < 1.29 is 14.3 Å². The highest BCUT2D eigenvalue weighted by Gasteiger charge is 2.24. The van der Waals surface area contributed by atoms with Crippen molar-refractivity contribution in [2.24, 2.45) is 10.2 Å². The highest BCUT2D eigenvalue weighted by atomic mass is 35.5. The van der Waals surface area contributed by atoms with Crippen LogP contribution in [0.3, 0.4) is 0 Å². The number of amides is 1. The SMILES string of the molecule is COC(=O)/C=C1/S/C(=N\N=Cc2ccccc2-c2ccc(Cl)cc2)NC1=O. The van der Waals surface area contributed by atoms with Crippen molar-refractivity contribution in [3.05, 3.63) is 70.1 Å². The molecule has 1 amide bonds. The molecule has 0 unspecified atom stereocenters. The van der Waals surface area contributed by atoms with Gasteiger partial charge in [0.05, 0.1) is 18.2 Å². The number of nitrogens with zero attached hydrogens (tertiary/aromatic N) is 2. The van der Waals surface area contributed by atoms with Crippen LogP contribution in [0.25, 0.3) is 11.1 Å². The average molecular weight is 400 g/mol. The van der Waals surface area contributed by atoms with Gasteiger partial charge in [0.1, 0.15) is 0 Å². The van der Waals surface area contributed by atoms with Crippen molar-refractivity contribution in [2.75, 3.05) is 7.11 Å². The molecule has 0 radical (unpaired) electrons. The molecule has 0 bridgehead atoms. The summed E-state index contributed by atoms with van der Waals surface area (Å²) >= 11 is 6.97. The van der Waals surface area contributed by atoms with Gasteiger partial charge in [0.15, 0.2) is 5.17 Å². The first kappa shape index (κ1) is 18.9. The highest BCUT2D eigenvalue weighted by Crippen LogP contribution is 2.25. The summed E-state index contributed by atoms with van der Waals surface area (Å²) in [6.45, 7) is 0. The summed E-state index contributed by atoms with van der Waals surface area (Å²) in [5.74, 6) is -1.02. The van der Waals surface area contributed by atoms with Gasteiger partial charge < -0.3 is 4.74 Å². The van der Waals surface area contributed by atoms with E-state index < -0.39 is 11.9 Å². The molecule has 2 aromatic rings. The van der Waals surface area contributed by atoms with Crippen LogP contribution in [0, 0.1) is 0 Å². The van der Waals surface area contributed by atoms with Gasteiger partial charge in [-0.2, -0.15) is 5.10 Å². The van der Waals surface area contributed by atoms with Crippen molar-refractivity contribution >= 4 is 46.6 Å². The first-order valence-electron chi connectivity index (χ1n) is 7.81. The minimum atomic E-state index is -0.603. The zero-order valence-electron chi connectivity index (χ0n) is 14.2. The Morgan fingerprint density at radius 3 is 2.67 bits per heavy atom. The van der Waals surface area contributed by atoms with Gasteiger partial charge >= 0.3 is 5.97 Å². The fourth-order valence-electron chi connectivity index (χ4n) is 2.29. The minimum Gasteiger partial charge on any atom is -0.466 e. The van der Waals surface area contributed by atoms with Gasteiger partial charge in [-0.15, -0.1) is 5.10 Å². The van der Waals surface area contributed by atoms with Crippen LogP contribution in [0.4, 0.5) is 0 Å². The van der Waals surface area contributed by atoms with Crippen LogP contribution in [0.1, 0.15) is 5.56 Å². The molecule has 1 heterocycles. The molecule has 1 N–H and O–H groups in total. The predicted molar refractivity (Wildman–Crippen MR) is 108 cm³/mol. The second kappa shape index (κ2) is 8.66. The second-order valence-corrected chi connectivity index (χ2v) is 6.80. The normalized spacial score (nSPS) is 16.9. The van der Waals surface area contributed by atoms with Crippen molar-refractivity contribution in [1.29, 1.82) is 0 Å². The van der Waals surface area contributed by atoms with E-state index in [9.17, 15) is 9.59 Å². The molecule has 1 aliphatic rings. The Bertz CT molecular complexity index is 968. The zero-order valence-corrected chi connectivity index (χ0v) is 15.8. The summed E-state index contributed by atoms with van der Waals surface area (Å²) in [6.07, 6.45) is 2.72. The molecule has 2 aromatic carbocycles. The molecule has 136 valence electrons. The lowest BCUT2D eigenvalue weighted by molar-refractivity contribution is -0.135. The van der Waals surface area contributed by atoms with Crippen molar-refractivity contribution in [2.45, 2.75) is 0 Å². The summed E-state index contributed by atoms with van der Waals surface area (Å²) < 4.78 is 4.51. The van der Waals surface area contributed by atoms with Crippen molar-refractivity contribution in [1.82, 2.24) is 5.32 Å². The topological polar surface area (TPSA) is 80.1 Å². The average Bonchev–Trinajstić information content (AvgIpc) is 3.02. The third-order valence-corrected chi connectivity index (χ3v) is 4.71. The van der Waals surface area contributed by atoms with E-state index in [2.05, 4.69) is 20.3 Å². The van der Waals surface area contributed by atoms with Gasteiger partial charge in [-0.3, -0.25) is 10.1 Å². The number of benzene rings is 2. The molecule has 0 atom stereocenters. The fourth-order valence-corrected chi connectivity index (χ4v) is 3.15. The Balaban J connectivity index is 1.79. The third kappa shape index (κ3) is 4.84. The van der Waals surface area contributed by atoms with Crippen LogP contribution in [0.5, 0.6) is 0 Å². The first-order chi connectivity index (χ1) is 13.1. The van der Waals surface area contributed by atoms with Gasteiger partial charge in [0.25, 0.3) is 5.91 Å². The van der Waals surface area contributed by atoms with Crippen LogP contribution < -0.4 is 5.32 Å². The number of hydrogen-bond acceptors (Lipinski definition) is 6. The Kier molecular flexibility index (Phi) is 6.05. The van der Waals surface area contributed by atoms with Gasteiger partial charge in [0, 0.05) is 16.7 Å². The molecule has 27 heavy (non-hydrogen) atoms. The number of halogens is 1. The molecule has 8 heteroatoms. The number of thioether (sulfide) groups is 1. The Morgan fingerprint density at radius 1 is 1.19 bits per heavy atom. The molecular formula is C19H14ClN3O3S. The van der Waals surface area contributed by atoms with Crippen LogP contribution in [0.2, 0.25) is 5.02 Å². The van der Waals surface area contributed by atoms with E-state index in [0.717, 1.165) is 34.5 Å². The smallest absolute Gasteiger partial charge is 0.331 e. The summed E-state index contributed by atoms with van der Waals surface area (Å²) in [5.41, 5.74) is 2.84. The first-order valence-corrected chi connectivity index (χ1v) is 9.01. The molecular weight excluding hydrogens is 386 g/mol. The van der Waals surface area contributed by atoms with Crippen LogP contribution in [-0.2, 0) is 14.3 Å².